The molecule has 3 aromatic rings. The summed E-state index contributed by atoms with van der Waals surface area (Å²) in [4.78, 5) is 20.1. The molecule has 3 rings (SSSR count). The number of fused-ring (bicyclic) bond motifs is 1. The molecular weight excluding hydrogens is 254 g/mol. The molecule has 102 valence electrons. The summed E-state index contributed by atoms with van der Waals surface area (Å²) >= 11 is 0. The summed E-state index contributed by atoms with van der Waals surface area (Å²) in [5.41, 5.74) is 3.98. The van der Waals surface area contributed by atoms with Crippen molar-refractivity contribution in [2.24, 2.45) is 0 Å². The van der Waals surface area contributed by atoms with Gasteiger partial charge in [-0.3, -0.25) is 9.89 Å². The molecule has 2 aromatic heterocycles. The number of hydrogen-bond acceptors (Lipinski definition) is 4. The fourth-order valence-electron chi connectivity index (χ4n) is 2.09. The topological polar surface area (TPSA) is 75.1 Å². The lowest BCUT2D eigenvalue weighted by molar-refractivity contribution is 0.876. The highest BCUT2D eigenvalue weighted by Gasteiger charge is 2.05. The van der Waals surface area contributed by atoms with E-state index in [9.17, 15) is 4.79 Å². The third-order valence-corrected chi connectivity index (χ3v) is 3.39. The Labute approximate surface area is 115 Å². The molecule has 0 radical (unpaired) electrons. The predicted octanol–water partition coefficient (Wildman–Crippen LogP) is 1.65. The van der Waals surface area contributed by atoms with E-state index in [0.29, 0.717) is 18.0 Å². The zero-order chi connectivity index (χ0) is 14.1. The Morgan fingerprint density at radius 2 is 2.20 bits per heavy atom. The Balaban J connectivity index is 1.86. The zero-order valence-corrected chi connectivity index (χ0v) is 11.3. The first-order chi connectivity index (χ1) is 9.65. The molecule has 0 aliphatic heterocycles. The van der Waals surface area contributed by atoms with Crippen LogP contribution in [0.25, 0.3) is 5.78 Å². The highest BCUT2D eigenvalue weighted by Crippen LogP contribution is 2.18. The molecule has 0 saturated heterocycles. The number of aromatic amines is 1. The van der Waals surface area contributed by atoms with Crippen LogP contribution < -0.4 is 10.9 Å². The van der Waals surface area contributed by atoms with E-state index in [1.807, 2.05) is 12.1 Å². The van der Waals surface area contributed by atoms with Crippen LogP contribution in [0.1, 0.15) is 16.8 Å². The van der Waals surface area contributed by atoms with Crippen molar-refractivity contribution in [1.29, 1.82) is 0 Å². The molecule has 0 fully saturated rings. The summed E-state index contributed by atoms with van der Waals surface area (Å²) in [6.07, 6.45) is 1.45. The molecule has 0 bridgehead atoms. The number of hydrogen-bond donors (Lipinski definition) is 2. The van der Waals surface area contributed by atoms with Gasteiger partial charge in [-0.25, -0.2) is 9.97 Å². The molecule has 6 nitrogen and oxygen atoms in total. The van der Waals surface area contributed by atoms with E-state index in [1.54, 1.807) is 0 Å². The second-order valence-corrected chi connectivity index (χ2v) is 4.71. The molecule has 2 N–H and O–H groups in total. The van der Waals surface area contributed by atoms with Gasteiger partial charge in [0.05, 0.1) is 12.2 Å². The SMILES string of the molecule is Cc1cccc(NCc2cc(=O)n3[nH]cnc3n2)c1C. The maximum Gasteiger partial charge on any atom is 0.274 e. The van der Waals surface area contributed by atoms with Gasteiger partial charge in [-0.1, -0.05) is 12.1 Å². The Morgan fingerprint density at radius 1 is 1.35 bits per heavy atom. The highest BCUT2D eigenvalue weighted by atomic mass is 16.1. The second kappa shape index (κ2) is 4.80. The van der Waals surface area contributed by atoms with Crippen LogP contribution in [0.15, 0.2) is 35.4 Å². The van der Waals surface area contributed by atoms with E-state index >= 15 is 0 Å². The number of rotatable bonds is 3. The number of benzene rings is 1. The van der Waals surface area contributed by atoms with E-state index in [0.717, 1.165) is 5.69 Å². The molecule has 0 spiro atoms. The van der Waals surface area contributed by atoms with Crippen LogP contribution in [0.2, 0.25) is 0 Å². The van der Waals surface area contributed by atoms with Gasteiger partial charge in [-0.05, 0) is 31.0 Å². The first-order valence-electron chi connectivity index (χ1n) is 6.37. The maximum atomic E-state index is 11.8. The van der Waals surface area contributed by atoms with Crippen molar-refractivity contribution >= 4 is 11.5 Å². The lowest BCUT2D eigenvalue weighted by atomic mass is 10.1. The van der Waals surface area contributed by atoms with E-state index in [4.69, 9.17) is 0 Å². The van der Waals surface area contributed by atoms with Gasteiger partial charge < -0.3 is 5.32 Å². The van der Waals surface area contributed by atoms with Crippen molar-refractivity contribution in [3.05, 3.63) is 57.8 Å². The molecule has 0 aliphatic rings. The zero-order valence-electron chi connectivity index (χ0n) is 11.3. The van der Waals surface area contributed by atoms with Crippen molar-refractivity contribution in [1.82, 2.24) is 19.6 Å². The average molecular weight is 269 g/mol. The Bertz CT molecular complexity index is 818. The van der Waals surface area contributed by atoms with Crippen molar-refractivity contribution in [3.63, 3.8) is 0 Å². The Morgan fingerprint density at radius 3 is 3.05 bits per heavy atom. The van der Waals surface area contributed by atoms with Crippen molar-refractivity contribution in [3.8, 4) is 0 Å². The Hall–Kier alpha value is -2.63. The predicted molar refractivity (Wildman–Crippen MR) is 76.9 cm³/mol. The normalized spacial score (nSPS) is 10.9. The van der Waals surface area contributed by atoms with E-state index in [2.05, 4.69) is 40.3 Å². The number of H-pyrrole nitrogens is 1. The summed E-state index contributed by atoms with van der Waals surface area (Å²) in [7, 11) is 0. The first kappa shape index (κ1) is 12.4. The highest BCUT2D eigenvalue weighted by molar-refractivity contribution is 5.53. The third kappa shape index (κ3) is 2.16. The molecule has 20 heavy (non-hydrogen) atoms. The fraction of sp³-hybridized carbons (Fsp3) is 0.214. The van der Waals surface area contributed by atoms with Crippen LogP contribution in [0.3, 0.4) is 0 Å². The van der Waals surface area contributed by atoms with Crippen molar-refractivity contribution in [2.45, 2.75) is 20.4 Å². The Kier molecular flexibility index (Phi) is 2.98. The fourth-order valence-corrected chi connectivity index (χ4v) is 2.09. The number of aryl methyl sites for hydroxylation is 1. The molecule has 6 heteroatoms. The van der Waals surface area contributed by atoms with Crippen molar-refractivity contribution < 1.29 is 0 Å². The lowest BCUT2D eigenvalue weighted by Crippen LogP contribution is -2.17. The molecule has 0 unspecified atom stereocenters. The number of nitrogens with zero attached hydrogens (tertiary/aromatic N) is 3. The second-order valence-electron chi connectivity index (χ2n) is 4.71. The first-order valence-corrected chi connectivity index (χ1v) is 6.37. The molecule has 0 atom stereocenters. The van der Waals surface area contributed by atoms with Crippen molar-refractivity contribution in [2.75, 3.05) is 5.32 Å². The minimum atomic E-state index is -0.162. The standard InChI is InChI=1S/C14H15N5O/c1-9-4-3-5-12(10(9)2)15-7-11-6-13(20)19-14(18-11)16-8-17-19/h3-6,8,15H,7H2,1-2H3,(H,16,17,18). The molecule has 1 aromatic carbocycles. The molecule has 0 saturated carbocycles. The quantitative estimate of drug-likeness (QED) is 0.758. The molecule has 0 amide bonds. The number of aromatic nitrogens is 4. The molecular formula is C14H15N5O. The van der Waals surface area contributed by atoms with E-state index < -0.39 is 0 Å². The van der Waals surface area contributed by atoms with Crippen LogP contribution >= 0.6 is 0 Å². The van der Waals surface area contributed by atoms with Gasteiger partial charge in [0.15, 0.2) is 0 Å². The van der Waals surface area contributed by atoms with Crippen LogP contribution in [0.4, 0.5) is 5.69 Å². The minimum absolute atomic E-state index is 0.162. The van der Waals surface area contributed by atoms with Crippen LogP contribution in [-0.4, -0.2) is 19.6 Å². The summed E-state index contributed by atoms with van der Waals surface area (Å²) in [5.74, 6) is 0.385. The summed E-state index contributed by atoms with van der Waals surface area (Å²) in [6, 6.07) is 7.59. The van der Waals surface area contributed by atoms with Gasteiger partial charge in [0, 0.05) is 11.8 Å². The molecule has 2 heterocycles. The van der Waals surface area contributed by atoms with Gasteiger partial charge in [-0.15, -0.1) is 0 Å². The summed E-state index contributed by atoms with van der Waals surface area (Å²) < 4.78 is 1.31. The molecule has 0 aliphatic carbocycles. The van der Waals surface area contributed by atoms with Gasteiger partial charge in [0.2, 0.25) is 0 Å². The van der Waals surface area contributed by atoms with Crippen LogP contribution in [-0.2, 0) is 6.54 Å². The van der Waals surface area contributed by atoms with Gasteiger partial charge in [0.25, 0.3) is 11.3 Å². The third-order valence-electron chi connectivity index (χ3n) is 3.39. The van der Waals surface area contributed by atoms with Gasteiger partial charge in [0.1, 0.15) is 6.33 Å². The number of anilines is 1. The summed E-state index contributed by atoms with van der Waals surface area (Å²) in [5, 5.41) is 6.02. The average Bonchev–Trinajstić information content (AvgIpc) is 2.89. The van der Waals surface area contributed by atoms with Crippen LogP contribution in [0, 0.1) is 13.8 Å². The summed E-state index contributed by atoms with van der Waals surface area (Å²) in [6.45, 7) is 4.63. The minimum Gasteiger partial charge on any atom is -0.379 e. The smallest absolute Gasteiger partial charge is 0.274 e. The van der Waals surface area contributed by atoms with E-state index in [-0.39, 0.29) is 5.56 Å². The lowest BCUT2D eigenvalue weighted by Gasteiger charge is -2.10. The largest absolute Gasteiger partial charge is 0.379 e. The maximum absolute atomic E-state index is 11.8. The van der Waals surface area contributed by atoms with Gasteiger partial charge in [-0.2, -0.15) is 4.52 Å². The van der Waals surface area contributed by atoms with E-state index in [1.165, 1.54) is 28.0 Å². The van der Waals surface area contributed by atoms with Crippen LogP contribution in [0.5, 0.6) is 0 Å². The monoisotopic (exact) mass is 269 g/mol. The van der Waals surface area contributed by atoms with Gasteiger partial charge >= 0.3 is 0 Å². The number of nitrogens with one attached hydrogen (secondary N) is 2.